The summed E-state index contributed by atoms with van der Waals surface area (Å²) in [6.07, 6.45) is 6.86. The molecule has 1 nitrogen and oxygen atoms in total. The van der Waals surface area contributed by atoms with Crippen molar-refractivity contribution < 1.29 is 0 Å². The summed E-state index contributed by atoms with van der Waals surface area (Å²) >= 11 is 0. The molecule has 1 aliphatic carbocycles. The molecule has 1 heteroatoms. The topological polar surface area (TPSA) is 3.24 Å². The third kappa shape index (κ3) is 6.62. The molecule has 0 aliphatic heterocycles. The minimum absolute atomic E-state index is 1.01. The van der Waals surface area contributed by atoms with Crippen molar-refractivity contribution in [1.82, 2.24) is 0 Å². The predicted octanol–water partition coefficient (Wildman–Crippen LogP) is 14.6. The van der Waals surface area contributed by atoms with Crippen molar-refractivity contribution >= 4 is 39.0 Å². The molecular formula is C52H39N. The van der Waals surface area contributed by atoms with Gasteiger partial charge in [0.2, 0.25) is 0 Å². The van der Waals surface area contributed by atoms with Gasteiger partial charge in [0.1, 0.15) is 0 Å². The van der Waals surface area contributed by atoms with Crippen LogP contribution >= 0.6 is 0 Å². The maximum absolute atomic E-state index is 2.41. The number of hydrogen-bond donors (Lipinski definition) is 0. The molecule has 0 heterocycles. The molecule has 1 aliphatic rings. The maximum Gasteiger partial charge on any atom is 0.0462 e. The first kappa shape index (κ1) is 32.2. The van der Waals surface area contributed by atoms with Gasteiger partial charge in [0.15, 0.2) is 0 Å². The van der Waals surface area contributed by atoms with Crippen molar-refractivity contribution in [3.05, 3.63) is 223 Å². The zero-order valence-electron chi connectivity index (χ0n) is 29.6. The second-order valence-electron chi connectivity index (χ2n) is 13.7. The van der Waals surface area contributed by atoms with Gasteiger partial charge in [-0.05, 0) is 116 Å². The molecule has 0 N–H and O–H groups in total. The van der Waals surface area contributed by atoms with Gasteiger partial charge in [-0.15, -0.1) is 0 Å². The summed E-state index contributed by atoms with van der Waals surface area (Å²) in [5.41, 5.74) is 16.0. The molecule has 8 aromatic carbocycles. The van der Waals surface area contributed by atoms with Gasteiger partial charge in [0.25, 0.3) is 0 Å². The Bertz CT molecular complexity index is 2460. The molecule has 252 valence electrons. The molecule has 0 aromatic heterocycles. The third-order valence-corrected chi connectivity index (χ3v) is 10.4. The Labute approximate surface area is 312 Å². The Morgan fingerprint density at radius 2 is 0.774 bits per heavy atom. The van der Waals surface area contributed by atoms with Gasteiger partial charge in [-0.2, -0.15) is 0 Å². The van der Waals surface area contributed by atoms with Gasteiger partial charge in [0, 0.05) is 17.1 Å². The van der Waals surface area contributed by atoms with Gasteiger partial charge in [0.05, 0.1) is 0 Å². The zero-order chi connectivity index (χ0) is 35.4. The van der Waals surface area contributed by atoms with Gasteiger partial charge in [-0.1, -0.05) is 176 Å². The molecule has 8 aromatic rings. The number of allylic oxidation sites excluding steroid dienone is 4. The lowest BCUT2D eigenvalue weighted by molar-refractivity contribution is 1.06. The minimum atomic E-state index is 1.01. The van der Waals surface area contributed by atoms with Gasteiger partial charge in [-0.25, -0.2) is 0 Å². The van der Waals surface area contributed by atoms with Crippen LogP contribution in [-0.4, -0.2) is 0 Å². The van der Waals surface area contributed by atoms with Crippen molar-refractivity contribution in [2.75, 3.05) is 4.90 Å². The predicted molar refractivity (Wildman–Crippen MR) is 227 cm³/mol. The number of rotatable bonds is 8. The summed E-state index contributed by atoms with van der Waals surface area (Å²) in [4.78, 5) is 2.36. The summed E-state index contributed by atoms with van der Waals surface area (Å²) in [6, 6.07) is 72.2. The van der Waals surface area contributed by atoms with Crippen LogP contribution in [0.1, 0.15) is 24.0 Å². The van der Waals surface area contributed by atoms with Crippen LogP contribution in [0.25, 0.3) is 55.3 Å². The fourth-order valence-electron chi connectivity index (χ4n) is 7.70. The maximum atomic E-state index is 2.41. The van der Waals surface area contributed by atoms with E-state index in [4.69, 9.17) is 0 Å². The molecule has 0 radical (unpaired) electrons. The lowest BCUT2D eigenvalue weighted by atomic mass is 9.86. The van der Waals surface area contributed by atoms with E-state index >= 15 is 0 Å². The zero-order valence-corrected chi connectivity index (χ0v) is 29.6. The number of benzene rings is 8. The molecule has 0 fully saturated rings. The van der Waals surface area contributed by atoms with Crippen LogP contribution in [0.15, 0.2) is 212 Å². The number of nitrogens with zero attached hydrogens (tertiary/aromatic N) is 1. The highest BCUT2D eigenvalue weighted by molar-refractivity contribution is 6.06. The van der Waals surface area contributed by atoms with Crippen molar-refractivity contribution in [1.29, 1.82) is 0 Å². The van der Waals surface area contributed by atoms with E-state index in [2.05, 4.69) is 217 Å². The van der Waals surface area contributed by atoms with Gasteiger partial charge in [-0.3, -0.25) is 0 Å². The molecule has 0 unspecified atom stereocenters. The summed E-state index contributed by atoms with van der Waals surface area (Å²) < 4.78 is 0. The molecule has 9 rings (SSSR count). The highest BCUT2D eigenvalue weighted by atomic mass is 15.1. The monoisotopic (exact) mass is 677 g/mol. The first-order valence-corrected chi connectivity index (χ1v) is 18.5. The standard InChI is InChI=1S/C52H39N/c1-4-13-38(14-5-1)40-25-31-47(32-26-40)53(48-33-27-41(28-34-48)39-15-6-2-7-16-39)49-35-29-42(30-36-49)45-21-10-22-46(37-45)51-24-12-20-44-19-11-23-50(52(44)51)43-17-8-3-9-18-43/h1-9,11-20,22-37H,10,21H2. The van der Waals surface area contributed by atoms with Crippen LogP contribution in [0.5, 0.6) is 0 Å². The van der Waals surface area contributed by atoms with E-state index in [0.29, 0.717) is 0 Å². The molecule has 0 saturated heterocycles. The summed E-state index contributed by atoms with van der Waals surface area (Å²) in [5.74, 6) is 0. The summed E-state index contributed by atoms with van der Waals surface area (Å²) in [7, 11) is 0. The SMILES string of the molecule is C1=C(c2ccc(N(c3ccc(-c4ccccc4)cc3)c3ccc(-c4ccccc4)cc3)cc2)CCC=C1c1cccc2cccc(-c3ccccc3)c12. The molecule has 53 heavy (non-hydrogen) atoms. The highest BCUT2D eigenvalue weighted by Crippen LogP contribution is 2.40. The number of anilines is 3. The molecule has 0 bridgehead atoms. The second kappa shape index (κ2) is 14.5. The van der Waals surface area contributed by atoms with Crippen molar-refractivity contribution in [3.8, 4) is 33.4 Å². The molecule has 0 atom stereocenters. The quantitative estimate of drug-likeness (QED) is 0.155. The Kier molecular flexibility index (Phi) is 8.82. The average molecular weight is 678 g/mol. The largest absolute Gasteiger partial charge is 0.311 e. The Balaban J connectivity index is 1.06. The van der Waals surface area contributed by atoms with Crippen LogP contribution in [0.3, 0.4) is 0 Å². The normalized spacial score (nSPS) is 12.6. The van der Waals surface area contributed by atoms with E-state index in [0.717, 1.165) is 29.9 Å². The Morgan fingerprint density at radius 1 is 0.340 bits per heavy atom. The third-order valence-electron chi connectivity index (χ3n) is 10.4. The first-order chi connectivity index (χ1) is 26.3. The van der Waals surface area contributed by atoms with Crippen LogP contribution in [0.4, 0.5) is 17.1 Å². The minimum Gasteiger partial charge on any atom is -0.311 e. The summed E-state index contributed by atoms with van der Waals surface area (Å²) in [5, 5.41) is 2.58. The molecule has 0 amide bonds. The fraction of sp³-hybridized carbons (Fsp3) is 0.0385. The summed E-state index contributed by atoms with van der Waals surface area (Å²) in [6.45, 7) is 0. The van der Waals surface area contributed by atoms with Crippen molar-refractivity contribution in [2.24, 2.45) is 0 Å². The molecular weight excluding hydrogens is 639 g/mol. The Morgan fingerprint density at radius 3 is 1.28 bits per heavy atom. The smallest absolute Gasteiger partial charge is 0.0462 e. The van der Waals surface area contributed by atoms with Crippen LogP contribution in [0.2, 0.25) is 0 Å². The Hall–Kier alpha value is -6.70. The van der Waals surface area contributed by atoms with Crippen LogP contribution in [0, 0.1) is 0 Å². The fourth-order valence-corrected chi connectivity index (χ4v) is 7.70. The van der Waals surface area contributed by atoms with Gasteiger partial charge < -0.3 is 4.90 Å². The van der Waals surface area contributed by atoms with E-state index < -0.39 is 0 Å². The average Bonchev–Trinajstić information content (AvgIpc) is 3.25. The number of hydrogen-bond acceptors (Lipinski definition) is 1. The van der Waals surface area contributed by atoms with E-state index in [1.54, 1.807) is 0 Å². The van der Waals surface area contributed by atoms with Crippen molar-refractivity contribution in [2.45, 2.75) is 12.8 Å². The highest BCUT2D eigenvalue weighted by Gasteiger charge is 2.17. The van der Waals surface area contributed by atoms with E-state index in [9.17, 15) is 0 Å². The van der Waals surface area contributed by atoms with E-state index in [-0.39, 0.29) is 0 Å². The van der Waals surface area contributed by atoms with Crippen molar-refractivity contribution in [3.63, 3.8) is 0 Å². The first-order valence-electron chi connectivity index (χ1n) is 18.5. The van der Waals surface area contributed by atoms with E-state index in [1.807, 2.05) is 0 Å². The van der Waals surface area contributed by atoms with Gasteiger partial charge >= 0.3 is 0 Å². The second-order valence-corrected chi connectivity index (χ2v) is 13.7. The van der Waals surface area contributed by atoms with Crippen LogP contribution < -0.4 is 4.90 Å². The lowest BCUT2D eigenvalue weighted by Gasteiger charge is -2.26. The molecule has 0 saturated carbocycles. The molecule has 0 spiro atoms. The van der Waals surface area contributed by atoms with Crippen LogP contribution in [-0.2, 0) is 0 Å². The lowest BCUT2D eigenvalue weighted by Crippen LogP contribution is -2.10. The number of fused-ring (bicyclic) bond motifs is 1. The van der Waals surface area contributed by atoms with E-state index in [1.165, 1.54) is 66.4 Å².